The monoisotopic (exact) mass is 188 g/mol. The van der Waals surface area contributed by atoms with E-state index in [-0.39, 0.29) is 5.91 Å². The van der Waals surface area contributed by atoms with Gasteiger partial charge >= 0.3 is 0 Å². The van der Waals surface area contributed by atoms with Crippen LogP contribution in [0.2, 0.25) is 0 Å². The van der Waals surface area contributed by atoms with E-state index in [1.165, 1.54) is 0 Å². The van der Waals surface area contributed by atoms with Crippen LogP contribution in [0.3, 0.4) is 0 Å². The van der Waals surface area contributed by atoms with Gasteiger partial charge in [0.25, 0.3) is 0 Å². The van der Waals surface area contributed by atoms with Gasteiger partial charge in [-0.2, -0.15) is 0 Å². The average Bonchev–Trinajstić information content (AvgIpc) is 2.00. The maximum atomic E-state index is 11.1. The second-order valence-corrected chi connectivity index (χ2v) is 3.51. The molecule has 4 nitrogen and oxygen atoms in total. The van der Waals surface area contributed by atoms with E-state index in [1.807, 2.05) is 13.8 Å². The number of amides is 1. The summed E-state index contributed by atoms with van der Waals surface area (Å²) in [6.07, 6.45) is -0.00717. The quantitative estimate of drug-likeness (QED) is 0.544. The summed E-state index contributed by atoms with van der Waals surface area (Å²) < 4.78 is 0. The molecule has 0 spiro atoms. The minimum atomic E-state index is -0.470. The van der Waals surface area contributed by atoms with Crippen LogP contribution in [0.4, 0.5) is 0 Å². The lowest BCUT2D eigenvalue weighted by atomic mass is 10.3. The largest absolute Gasteiger partial charge is 0.392 e. The Morgan fingerprint density at radius 1 is 1.38 bits per heavy atom. The van der Waals surface area contributed by atoms with Crippen LogP contribution in [0.15, 0.2) is 0 Å². The van der Waals surface area contributed by atoms with Crippen molar-refractivity contribution in [1.82, 2.24) is 10.6 Å². The second-order valence-electron chi connectivity index (χ2n) is 3.51. The fourth-order valence-corrected chi connectivity index (χ4v) is 0.824. The number of aliphatic hydroxyl groups is 1. The van der Waals surface area contributed by atoms with Crippen LogP contribution in [-0.4, -0.2) is 36.2 Å². The molecule has 1 amide bonds. The Bertz CT molecular complexity index is 147. The third kappa shape index (κ3) is 9.30. The zero-order chi connectivity index (χ0) is 10.3. The first-order chi connectivity index (χ1) is 6.02. The Hall–Kier alpha value is -0.610. The maximum Gasteiger partial charge on any atom is 0.221 e. The highest BCUT2D eigenvalue weighted by molar-refractivity contribution is 5.76. The lowest BCUT2D eigenvalue weighted by Crippen LogP contribution is -2.34. The number of carbonyl (C=O) groups excluding carboxylic acids is 1. The molecule has 0 aliphatic carbocycles. The van der Waals surface area contributed by atoms with Crippen molar-refractivity contribution in [1.29, 1.82) is 0 Å². The standard InChI is InChI=1S/C9H20N2O2/c1-7(2)10-5-4-9(13)11-6-8(3)12/h7-8,10,12H,4-6H2,1-3H3,(H,11,13). The Morgan fingerprint density at radius 2 is 2.00 bits per heavy atom. The van der Waals surface area contributed by atoms with Crippen LogP contribution >= 0.6 is 0 Å². The molecule has 0 heterocycles. The van der Waals surface area contributed by atoms with Gasteiger partial charge < -0.3 is 15.7 Å². The van der Waals surface area contributed by atoms with Crippen molar-refractivity contribution in [3.05, 3.63) is 0 Å². The molecule has 1 atom stereocenters. The van der Waals surface area contributed by atoms with Crippen LogP contribution in [-0.2, 0) is 4.79 Å². The van der Waals surface area contributed by atoms with Gasteiger partial charge in [0.15, 0.2) is 0 Å². The molecule has 78 valence electrons. The van der Waals surface area contributed by atoms with Crippen molar-refractivity contribution in [3.63, 3.8) is 0 Å². The Balaban J connectivity index is 3.30. The van der Waals surface area contributed by atoms with Crippen LogP contribution in [0.5, 0.6) is 0 Å². The molecular formula is C9H20N2O2. The highest BCUT2D eigenvalue weighted by Crippen LogP contribution is 1.82. The normalized spacial score (nSPS) is 13.0. The van der Waals surface area contributed by atoms with E-state index in [9.17, 15) is 4.79 Å². The third-order valence-corrected chi connectivity index (χ3v) is 1.50. The topological polar surface area (TPSA) is 61.4 Å². The van der Waals surface area contributed by atoms with Gasteiger partial charge in [-0.1, -0.05) is 13.8 Å². The zero-order valence-corrected chi connectivity index (χ0v) is 8.63. The van der Waals surface area contributed by atoms with E-state index in [4.69, 9.17) is 5.11 Å². The maximum absolute atomic E-state index is 11.1. The summed E-state index contributed by atoms with van der Waals surface area (Å²) in [6.45, 7) is 6.73. The van der Waals surface area contributed by atoms with E-state index in [0.717, 1.165) is 0 Å². The van der Waals surface area contributed by atoms with Gasteiger partial charge in [0, 0.05) is 25.6 Å². The van der Waals surface area contributed by atoms with E-state index in [0.29, 0.717) is 25.6 Å². The average molecular weight is 188 g/mol. The molecule has 0 rings (SSSR count). The van der Waals surface area contributed by atoms with Crippen LogP contribution in [0, 0.1) is 0 Å². The van der Waals surface area contributed by atoms with Crippen LogP contribution in [0.1, 0.15) is 27.2 Å². The van der Waals surface area contributed by atoms with Crippen molar-refractivity contribution < 1.29 is 9.90 Å². The second kappa shape index (κ2) is 6.86. The molecule has 3 N–H and O–H groups in total. The number of carbonyl (C=O) groups is 1. The fourth-order valence-electron chi connectivity index (χ4n) is 0.824. The van der Waals surface area contributed by atoms with Gasteiger partial charge in [0.1, 0.15) is 0 Å². The third-order valence-electron chi connectivity index (χ3n) is 1.50. The van der Waals surface area contributed by atoms with E-state index < -0.39 is 6.10 Å². The number of aliphatic hydroxyl groups excluding tert-OH is 1. The highest BCUT2D eigenvalue weighted by atomic mass is 16.3. The lowest BCUT2D eigenvalue weighted by Gasteiger charge is -2.09. The molecular weight excluding hydrogens is 168 g/mol. The molecule has 1 unspecified atom stereocenters. The van der Waals surface area contributed by atoms with Crippen molar-refractivity contribution in [3.8, 4) is 0 Å². The van der Waals surface area contributed by atoms with Gasteiger partial charge in [-0.3, -0.25) is 4.79 Å². The first kappa shape index (κ1) is 12.4. The van der Waals surface area contributed by atoms with Crippen molar-refractivity contribution in [2.24, 2.45) is 0 Å². The summed E-state index contributed by atoms with van der Waals surface area (Å²) in [5.41, 5.74) is 0. The molecule has 0 fully saturated rings. The fraction of sp³-hybridized carbons (Fsp3) is 0.889. The smallest absolute Gasteiger partial charge is 0.221 e. The first-order valence-electron chi connectivity index (χ1n) is 4.70. The number of hydrogen-bond acceptors (Lipinski definition) is 3. The van der Waals surface area contributed by atoms with Gasteiger partial charge in [-0.05, 0) is 6.92 Å². The van der Waals surface area contributed by atoms with Gasteiger partial charge in [-0.15, -0.1) is 0 Å². The van der Waals surface area contributed by atoms with Crippen LogP contribution in [0.25, 0.3) is 0 Å². The first-order valence-corrected chi connectivity index (χ1v) is 4.70. The molecule has 0 bridgehead atoms. The molecule has 0 saturated heterocycles. The Morgan fingerprint density at radius 3 is 2.46 bits per heavy atom. The van der Waals surface area contributed by atoms with E-state index >= 15 is 0 Å². The summed E-state index contributed by atoms with van der Waals surface area (Å²) >= 11 is 0. The van der Waals surface area contributed by atoms with E-state index in [1.54, 1.807) is 6.92 Å². The molecule has 4 heteroatoms. The molecule has 0 aliphatic heterocycles. The zero-order valence-electron chi connectivity index (χ0n) is 8.63. The number of hydrogen-bond donors (Lipinski definition) is 3. The molecule has 0 aliphatic rings. The predicted molar refractivity (Wildman–Crippen MR) is 52.4 cm³/mol. The molecule has 0 aromatic heterocycles. The van der Waals surface area contributed by atoms with Gasteiger partial charge in [0.05, 0.1) is 6.10 Å². The molecule has 0 radical (unpaired) electrons. The summed E-state index contributed by atoms with van der Waals surface area (Å²) in [5, 5.41) is 14.7. The number of rotatable bonds is 6. The van der Waals surface area contributed by atoms with Crippen LogP contribution < -0.4 is 10.6 Å². The van der Waals surface area contributed by atoms with Crippen molar-refractivity contribution in [2.75, 3.05) is 13.1 Å². The lowest BCUT2D eigenvalue weighted by molar-refractivity contribution is -0.121. The summed E-state index contributed by atoms with van der Waals surface area (Å²) in [5.74, 6) is -0.0194. The Kier molecular flexibility index (Phi) is 6.54. The molecule has 13 heavy (non-hydrogen) atoms. The van der Waals surface area contributed by atoms with Gasteiger partial charge in [0.2, 0.25) is 5.91 Å². The molecule has 0 saturated carbocycles. The minimum Gasteiger partial charge on any atom is -0.392 e. The Labute approximate surface area is 79.7 Å². The highest BCUT2D eigenvalue weighted by Gasteiger charge is 2.02. The summed E-state index contributed by atoms with van der Waals surface area (Å²) in [4.78, 5) is 11.1. The number of nitrogens with one attached hydrogen (secondary N) is 2. The van der Waals surface area contributed by atoms with Crippen molar-refractivity contribution >= 4 is 5.91 Å². The molecule has 0 aromatic carbocycles. The van der Waals surface area contributed by atoms with Gasteiger partial charge in [-0.25, -0.2) is 0 Å². The van der Waals surface area contributed by atoms with Crippen molar-refractivity contribution in [2.45, 2.75) is 39.3 Å². The molecule has 0 aromatic rings. The predicted octanol–water partition coefficient (Wildman–Crippen LogP) is -0.128. The minimum absolute atomic E-state index is 0.0194. The van der Waals surface area contributed by atoms with E-state index in [2.05, 4.69) is 10.6 Å². The SMILES string of the molecule is CC(O)CNC(=O)CCNC(C)C. The summed E-state index contributed by atoms with van der Waals surface area (Å²) in [6, 6.07) is 0.407. The summed E-state index contributed by atoms with van der Waals surface area (Å²) in [7, 11) is 0.